The second-order valence-corrected chi connectivity index (χ2v) is 7.69. The Kier molecular flexibility index (Phi) is 6.88. The summed E-state index contributed by atoms with van der Waals surface area (Å²) in [5, 5.41) is 5.95. The Morgan fingerprint density at radius 2 is 1.59 bits per heavy atom. The molecule has 6 heteroatoms. The quantitative estimate of drug-likeness (QED) is 0.784. The molecule has 0 radical (unpaired) electrons. The number of ether oxygens (including phenoxy) is 1. The maximum atomic E-state index is 12.5. The van der Waals surface area contributed by atoms with Gasteiger partial charge in [0.2, 0.25) is 11.8 Å². The van der Waals surface area contributed by atoms with E-state index in [1.807, 2.05) is 50.2 Å². The summed E-state index contributed by atoms with van der Waals surface area (Å²) in [7, 11) is 1.61. The van der Waals surface area contributed by atoms with Crippen LogP contribution in [0.15, 0.2) is 42.5 Å². The third-order valence-electron chi connectivity index (χ3n) is 5.19. The monoisotopic (exact) mass is 395 g/mol. The number of hydrogen-bond acceptors (Lipinski definition) is 4. The lowest BCUT2D eigenvalue weighted by atomic mass is 9.96. The van der Waals surface area contributed by atoms with Gasteiger partial charge in [0.05, 0.1) is 13.7 Å². The molecule has 3 rings (SSSR count). The highest BCUT2D eigenvalue weighted by Gasteiger charge is 2.26. The van der Waals surface area contributed by atoms with E-state index >= 15 is 0 Å². The zero-order valence-corrected chi connectivity index (χ0v) is 17.3. The lowest BCUT2D eigenvalue weighted by molar-refractivity contribution is -0.121. The van der Waals surface area contributed by atoms with Gasteiger partial charge in [-0.3, -0.25) is 14.5 Å². The van der Waals surface area contributed by atoms with Gasteiger partial charge in [-0.2, -0.15) is 0 Å². The van der Waals surface area contributed by atoms with Crippen LogP contribution in [0.3, 0.4) is 0 Å². The van der Waals surface area contributed by atoms with Gasteiger partial charge in [0.15, 0.2) is 0 Å². The predicted octanol–water partition coefficient (Wildman–Crippen LogP) is 3.60. The summed E-state index contributed by atoms with van der Waals surface area (Å²) < 4.78 is 5.13. The number of nitrogens with zero attached hydrogens (tertiary/aromatic N) is 1. The highest BCUT2D eigenvalue weighted by Crippen LogP contribution is 2.21. The Morgan fingerprint density at radius 3 is 2.17 bits per heavy atom. The number of nitrogens with one attached hydrogen (secondary N) is 2. The van der Waals surface area contributed by atoms with E-state index in [2.05, 4.69) is 21.6 Å². The van der Waals surface area contributed by atoms with E-state index in [0.717, 1.165) is 54.2 Å². The summed E-state index contributed by atoms with van der Waals surface area (Å²) in [6.45, 7) is 5.86. The first-order chi connectivity index (χ1) is 13.9. The molecule has 2 N–H and O–H groups in total. The standard InChI is InChI=1S/C23H29N3O3/c1-16-12-17(2)14-20(13-16)24-22(27)15-26-10-8-18(9-11-26)23(28)25-19-4-6-21(29-3)7-5-19/h4-7,12-14,18H,8-11,15H2,1-3H3,(H,24,27)(H,25,28). The van der Waals surface area contributed by atoms with Crippen LogP contribution >= 0.6 is 0 Å². The zero-order valence-electron chi connectivity index (χ0n) is 17.3. The minimum atomic E-state index is -0.0316. The normalized spacial score (nSPS) is 15.0. The SMILES string of the molecule is COc1ccc(NC(=O)C2CCN(CC(=O)Nc3cc(C)cc(C)c3)CC2)cc1. The maximum absolute atomic E-state index is 12.5. The number of anilines is 2. The summed E-state index contributed by atoms with van der Waals surface area (Å²) in [6.07, 6.45) is 1.50. The molecule has 0 spiro atoms. The van der Waals surface area contributed by atoms with Gasteiger partial charge in [-0.25, -0.2) is 0 Å². The number of amides is 2. The van der Waals surface area contributed by atoms with E-state index < -0.39 is 0 Å². The van der Waals surface area contributed by atoms with Crippen LogP contribution in [0, 0.1) is 19.8 Å². The molecule has 0 bridgehead atoms. The molecular weight excluding hydrogens is 366 g/mol. The molecule has 0 aliphatic carbocycles. The molecule has 1 heterocycles. The van der Waals surface area contributed by atoms with Crippen molar-refractivity contribution in [3.8, 4) is 5.75 Å². The summed E-state index contributed by atoms with van der Waals surface area (Å²) >= 11 is 0. The Morgan fingerprint density at radius 1 is 0.966 bits per heavy atom. The number of carbonyl (C=O) groups excluding carboxylic acids is 2. The number of carbonyl (C=O) groups is 2. The molecule has 1 saturated heterocycles. The molecule has 0 atom stereocenters. The Balaban J connectivity index is 1.44. The minimum absolute atomic E-state index is 0.0175. The second-order valence-electron chi connectivity index (χ2n) is 7.69. The number of aryl methyl sites for hydroxylation is 2. The number of piperidine rings is 1. The molecule has 1 aliphatic heterocycles. The largest absolute Gasteiger partial charge is 0.497 e. The average molecular weight is 396 g/mol. The van der Waals surface area contributed by atoms with Crippen molar-refractivity contribution in [3.05, 3.63) is 53.6 Å². The van der Waals surface area contributed by atoms with Crippen LogP contribution in [0.1, 0.15) is 24.0 Å². The van der Waals surface area contributed by atoms with Crippen LogP contribution in [-0.2, 0) is 9.59 Å². The highest BCUT2D eigenvalue weighted by molar-refractivity contribution is 5.93. The van der Waals surface area contributed by atoms with Crippen molar-refractivity contribution < 1.29 is 14.3 Å². The first kappa shape index (κ1) is 20.9. The molecular formula is C23H29N3O3. The fourth-order valence-electron chi connectivity index (χ4n) is 3.72. The van der Waals surface area contributed by atoms with E-state index in [1.165, 1.54) is 0 Å². The molecule has 6 nitrogen and oxygen atoms in total. The maximum Gasteiger partial charge on any atom is 0.238 e. The number of rotatable bonds is 6. The number of likely N-dealkylation sites (tertiary alicyclic amines) is 1. The fourth-order valence-corrected chi connectivity index (χ4v) is 3.72. The smallest absolute Gasteiger partial charge is 0.238 e. The second kappa shape index (κ2) is 9.56. The lowest BCUT2D eigenvalue weighted by Crippen LogP contribution is -2.41. The fraction of sp³-hybridized carbons (Fsp3) is 0.391. The van der Waals surface area contributed by atoms with Crippen molar-refractivity contribution in [2.24, 2.45) is 5.92 Å². The van der Waals surface area contributed by atoms with Crippen LogP contribution in [0.25, 0.3) is 0 Å². The Labute approximate surface area is 172 Å². The van der Waals surface area contributed by atoms with Crippen molar-refractivity contribution in [3.63, 3.8) is 0 Å². The molecule has 2 aromatic carbocycles. The van der Waals surface area contributed by atoms with Crippen LogP contribution in [0.5, 0.6) is 5.75 Å². The van der Waals surface area contributed by atoms with Crippen molar-refractivity contribution >= 4 is 23.2 Å². The first-order valence-corrected chi connectivity index (χ1v) is 9.98. The number of benzene rings is 2. The summed E-state index contributed by atoms with van der Waals surface area (Å²) in [5.41, 5.74) is 3.86. The minimum Gasteiger partial charge on any atom is -0.497 e. The van der Waals surface area contributed by atoms with E-state index in [9.17, 15) is 9.59 Å². The van der Waals surface area contributed by atoms with E-state index in [1.54, 1.807) is 7.11 Å². The molecule has 154 valence electrons. The highest BCUT2D eigenvalue weighted by atomic mass is 16.5. The molecule has 0 aromatic heterocycles. The van der Waals surface area contributed by atoms with Gasteiger partial charge < -0.3 is 15.4 Å². The molecule has 0 saturated carbocycles. The van der Waals surface area contributed by atoms with Gasteiger partial charge in [-0.15, -0.1) is 0 Å². The van der Waals surface area contributed by atoms with Gasteiger partial charge in [0.1, 0.15) is 5.75 Å². The van der Waals surface area contributed by atoms with Crippen LogP contribution < -0.4 is 15.4 Å². The molecule has 1 aliphatic rings. The summed E-state index contributed by atoms with van der Waals surface area (Å²) in [5.74, 6) is 0.747. The third kappa shape index (κ3) is 6.06. The third-order valence-corrected chi connectivity index (χ3v) is 5.19. The zero-order chi connectivity index (χ0) is 20.8. The lowest BCUT2D eigenvalue weighted by Gasteiger charge is -2.30. The van der Waals surface area contributed by atoms with Crippen molar-refractivity contribution in [2.45, 2.75) is 26.7 Å². The predicted molar refractivity (Wildman–Crippen MR) is 115 cm³/mol. The van der Waals surface area contributed by atoms with Gasteiger partial charge in [0.25, 0.3) is 0 Å². The van der Waals surface area contributed by atoms with Crippen molar-refractivity contribution in [2.75, 3.05) is 37.4 Å². The molecule has 2 aromatic rings. The molecule has 2 amide bonds. The summed E-state index contributed by atoms with van der Waals surface area (Å²) in [4.78, 5) is 27.0. The number of hydrogen-bond donors (Lipinski definition) is 2. The number of methoxy groups -OCH3 is 1. The molecule has 1 fully saturated rings. The summed E-state index contributed by atoms with van der Waals surface area (Å²) in [6, 6.07) is 13.4. The molecule has 0 unspecified atom stereocenters. The first-order valence-electron chi connectivity index (χ1n) is 9.98. The Bertz CT molecular complexity index is 836. The van der Waals surface area contributed by atoms with Crippen LogP contribution in [-0.4, -0.2) is 43.5 Å². The van der Waals surface area contributed by atoms with Gasteiger partial charge in [-0.1, -0.05) is 6.07 Å². The van der Waals surface area contributed by atoms with Crippen LogP contribution in [0.4, 0.5) is 11.4 Å². The average Bonchev–Trinajstić information content (AvgIpc) is 2.68. The van der Waals surface area contributed by atoms with E-state index in [0.29, 0.717) is 6.54 Å². The van der Waals surface area contributed by atoms with Crippen LogP contribution in [0.2, 0.25) is 0 Å². The van der Waals surface area contributed by atoms with Gasteiger partial charge in [0, 0.05) is 17.3 Å². The van der Waals surface area contributed by atoms with Crippen molar-refractivity contribution in [1.82, 2.24) is 4.90 Å². The van der Waals surface area contributed by atoms with Gasteiger partial charge in [-0.05, 0) is 87.3 Å². The topological polar surface area (TPSA) is 70.7 Å². The van der Waals surface area contributed by atoms with Crippen molar-refractivity contribution in [1.29, 1.82) is 0 Å². The van der Waals surface area contributed by atoms with E-state index in [4.69, 9.17) is 4.74 Å². The van der Waals surface area contributed by atoms with E-state index in [-0.39, 0.29) is 17.7 Å². The molecule has 29 heavy (non-hydrogen) atoms. The Hall–Kier alpha value is -2.86. The van der Waals surface area contributed by atoms with Gasteiger partial charge >= 0.3 is 0 Å².